The molecule has 1 unspecified atom stereocenters. The van der Waals surface area contributed by atoms with Gasteiger partial charge < -0.3 is 25.2 Å². The summed E-state index contributed by atoms with van der Waals surface area (Å²) in [5.74, 6) is 1.39. The lowest BCUT2D eigenvalue weighted by atomic mass is 9.79. The van der Waals surface area contributed by atoms with Crippen LogP contribution in [0.1, 0.15) is 30.9 Å². The van der Waals surface area contributed by atoms with Gasteiger partial charge in [-0.2, -0.15) is 0 Å². The Bertz CT molecular complexity index is 809. The van der Waals surface area contributed by atoms with Gasteiger partial charge in [-0.3, -0.25) is 0 Å². The molecule has 0 radical (unpaired) electrons. The number of carbonyl (C=O) groups is 1. The van der Waals surface area contributed by atoms with Gasteiger partial charge in [-0.25, -0.2) is 4.79 Å². The maximum absolute atomic E-state index is 12.4. The molecule has 6 heteroatoms. The number of nitrogens with one attached hydrogen (secondary N) is 2. The third kappa shape index (κ3) is 4.34. The molecule has 0 aromatic heterocycles. The molecule has 144 valence electrons. The second kappa shape index (κ2) is 8.31. The third-order valence-corrected chi connectivity index (χ3v) is 4.83. The van der Waals surface area contributed by atoms with E-state index in [1.807, 2.05) is 37.3 Å². The maximum Gasteiger partial charge on any atom is 0.319 e. The van der Waals surface area contributed by atoms with E-state index in [-0.39, 0.29) is 12.6 Å². The molecule has 6 nitrogen and oxygen atoms in total. The number of rotatable bonds is 6. The van der Waals surface area contributed by atoms with Crippen LogP contribution in [-0.4, -0.2) is 31.4 Å². The van der Waals surface area contributed by atoms with E-state index in [1.165, 1.54) is 0 Å². The molecule has 0 heterocycles. The number of fused-ring (bicyclic) bond motifs is 1. The van der Waals surface area contributed by atoms with Gasteiger partial charge in [-0.15, -0.1) is 0 Å². The normalized spacial score (nSPS) is 18.3. The Morgan fingerprint density at radius 1 is 1.26 bits per heavy atom. The van der Waals surface area contributed by atoms with Gasteiger partial charge in [0.15, 0.2) is 0 Å². The predicted octanol–water partition coefficient (Wildman–Crippen LogP) is 3.44. The van der Waals surface area contributed by atoms with Gasteiger partial charge in [0.25, 0.3) is 0 Å². The minimum atomic E-state index is -1.09. The van der Waals surface area contributed by atoms with Crippen molar-refractivity contribution in [2.45, 2.75) is 31.8 Å². The average Bonchev–Trinajstić information content (AvgIpc) is 2.68. The number of hydrogen-bond acceptors (Lipinski definition) is 4. The molecule has 0 saturated heterocycles. The minimum absolute atomic E-state index is 0.134. The van der Waals surface area contributed by atoms with Crippen molar-refractivity contribution < 1.29 is 19.4 Å². The zero-order chi connectivity index (χ0) is 19.3. The number of anilines is 1. The number of aryl methyl sites for hydroxylation is 1. The van der Waals surface area contributed by atoms with Crippen LogP contribution in [0.4, 0.5) is 10.5 Å². The minimum Gasteiger partial charge on any atom is -0.497 e. The van der Waals surface area contributed by atoms with E-state index in [9.17, 15) is 9.90 Å². The zero-order valence-electron chi connectivity index (χ0n) is 15.7. The van der Waals surface area contributed by atoms with Gasteiger partial charge >= 0.3 is 6.03 Å². The predicted molar refractivity (Wildman–Crippen MR) is 104 cm³/mol. The van der Waals surface area contributed by atoms with Crippen LogP contribution in [0.5, 0.6) is 11.5 Å². The molecule has 0 fully saturated rings. The van der Waals surface area contributed by atoms with Gasteiger partial charge in [-0.1, -0.05) is 18.2 Å². The van der Waals surface area contributed by atoms with Gasteiger partial charge in [0.1, 0.15) is 17.1 Å². The van der Waals surface area contributed by atoms with E-state index >= 15 is 0 Å². The number of urea groups is 1. The zero-order valence-corrected chi connectivity index (χ0v) is 15.7. The first-order valence-corrected chi connectivity index (χ1v) is 9.22. The van der Waals surface area contributed by atoms with E-state index in [0.29, 0.717) is 24.5 Å². The van der Waals surface area contributed by atoms with E-state index in [1.54, 1.807) is 19.2 Å². The van der Waals surface area contributed by atoms with Crippen LogP contribution in [0, 0.1) is 0 Å². The van der Waals surface area contributed by atoms with Gasteiger partial charge in [-0.05, 0) is 61.6 Å². The number of carbonyl (C=O) groups excluding carboxylic acids is 1. The first-order valence-electron chi connectivity index (χ1n) is 9.22. The van der Waals surface area contributed by atoms with Gasteiger partial charge in [0.05, 0.1) is 25.9 Å². The first kappa shape index (κ1) is 19.0. The molecule has 2 aromatic rings. The van der Waals surface area contributed by atoms with Crippen LogP contribution >= 0.6 is 0 Å². The standard InChI is InChI=1S/C21H26N2O4/c1-3-27-19-9-5-4-8-18(19)23-20(24)22-14-21(25)12-6-7-15-13-16(26-2)10-11-17(15)21/h4-5,8-11,13,25H,3,6-7,12,14H2,1-2H3,(H2,22,23,24). The Morgan fingerprint density at radius 3 is 2.85 bits per heavy atom. The molecule has 1 aliphatic carbocycles. The lowest BCUT2D eigenvalue weighted by Gasteiger charge is -2.34. The number of aliphatic hydroxyl groups is 1. The van der Waals surface area contributed by atoms with E-state index < -0.39 is 5.60 Å². The highest BCUT2D eigenvalue weighted by molar-refractivity contribution is 5.90. The summed E-state index contributed by atoms with van der Waals surface area (Å²) in [6, 6.07) is 12.6. The van der Waals surface area contributed by atoms with Crippen molar-refractivity contribution in [2.75, 3.05) is 25.6 Å². The van der Waals surface area contributed by atoms with Crippen molar-refractivity contribution in [2.24, 2.45) is 0 Å². The maximum atomic E-state index is 12.4. The molecule has 0 saturated carbocycles. The topological polar surface area (TPSA) is 79.8 Å². The summed E-state index contributed by atoms with van der Waals surface area (Å²) in [6.45, 7) is 2.54. The summed E-state index contributed by atoms with van der Waals surface area (Å²) in [5.41, 5.74) is 1.42. The van der Waals surface area contributed by atoms with Crippen LogP contribution in [0.3, 0.4) is 0 Å². The number of hydrogen-bond donors (Lipinski definition) is 3. The Kier molecular flexibility index (Phi) is 5.86. The molecular formula is C21H26N2O4. The second-order valence-electron chi connectivity index (χ2n) is 6.65. The summed E-state index contributed by atoms with van der Waals surface area (Å²) >= 11 is 0. The quantitative estimate of drug-likeness (QED) is 0.728. The fourth-order valence-corrected chi connectivity index (χ4v) is 3.49. The van der Waals surface area contributed by atoms with E-state index in [0.717, 1.165) is 29.7 Å². The summed E-state index contributed by atoms with van der Waals surface area (Å²) in [5, 5.41) is 16.7. The molecule has 2 amide bonds. The van der Waals surface area contributed by atoms with Crippen molar-refractivity contribution in [1.29, 1.82) is 0 Å². The monoisotopic (exact) mass is 370 g/mol. The third-order valence-electron chi connectivity index (χ3n) is 4.83. The van der Waals surface area contributed by atoms with Crippen molar-refractivity contribution >= 4 is 11.7 Å². The van der Waals surface area contributed by atoms with E-state index in [2.05, 4.69) is 10.6 Å². The molecular weight excluding hydrogens is 344 g/mol. The van der Waals surface area contributed by atoms with Crippen LogP contribution in [0.25, 0.3) is 0 Å². The highest BCUT2D eigenvalue weighted by atomic mass is 16.5. The van der Waals surface area contributed by atoms with Gasteiger partial charge in [0.2, 0.25) is 0 Å². The SMILES string of the molecule is CCOc1ccccc1NC(=O)NCC1(O)CCCc2cc(OC)ccc21. The molecule has 0 bridgehead atoms. The Balaban J connectivity index is 1.67. The van der Waals surface area contributed by atoms with Crippen molar-refractivity contribution in [3.63, 3.8) is 0 Å². The smallest absolute Gasteiger partial charge is 0.319 e. The number of benzene rings is 2. The van der Waals surface area contributed by atoms with Gasteiger partial charge in [0, 0.05) is 0 Å². The van der Waals surface area contributed by atoms with Crippen LogP contribution < -0.4 is 20.1 Å². The fraction of sp³-hybridized carbons (Fsp3) is 0.381. The highest BCUT2D eigenvalue weighted by Gasteiger charge is 2.34. The largest absolute Gasteiger partial charge is 0.497 e. The van der Waals surface area contributed by atoms with Crippen LogP contribution in [-0.2, 0) is 12.0 Å². The molecule has 1 atom stereocenters. The number of methoxy groups -OCH3 is 1. The lowest BCUT2D eigenvalue weighted by molar-refractivity contribution is 0.0220. The Hall–Kier alpha value is -2.73. The molecule has 3 rings (SSSR count). The highest BCUT2D eigenvalue weighted by Crippen LogP contribution is 2.36. The summed E-state index contributed by atoms with van der Waals surface area (Å²) in [6.07, 6.45) is 2.35. The Labute approximate surface area is 159 Å². The molecule has 27 heavy (non-hydrogen) atoms. The number of ether oxygens (including phenoxy) is 2. The van der Waals surface area contributed by atoms with Crippen LogP contribution in [0.2, 0.25) is 0 Å². The van der Waals surface area contributed by atoms with Crippen molar-refractivity contribution in [3.05, 3.63) is 53.6 Å². The summed E-state index contributed by atoms with van der Waals surface area (Å²) < 4.78 is 10.8. The Morgan fingerprint density at radius 2 is 2.07 bits per heavy atom. The van der Waals surface area contributed by atoms with Crippen molar-refractivity contribution in [1.82, 2.24) is 5.32 Å². The van der Waals surface area contributed by atoms with E-state index in [4.69, 9.17) is 9.47 Å². The lowest BCUT2D eigenvalue weighted by Crippen LogP contribution is -2.44. The summed E-state index contributed by atoms with van der Waals surface area (Å²) in [7, 11) is 1.63. The molecule has 1 aliphatic rings. The molecule has 3 N–H and O–H groups in total. The molecule has 2 aromatic carbocycles. The fourth-order valence-electron chi connectivity index (χ4n) is 3.49. The average molecular weight is 370 g/mol. The molecule has 0 aliphatic heterocycles. The second-order valence-corrected chi connectivity index (χ2v) is 6.65. The van der Waals surface area contributed by atoms with Crippen molar-refractivity contribution in [3.8, 4) is 11.5 Å². The van der Waals surface area contributed by atoms with Crippen LogP contribution in [0.15, 0.2) is 42.5 Å². The number of para-hydroxylation sites is 2. The molecule has 0 spiro atoms. The summed E-state index contributed by atoms with van der Waals surface area (Å²) in [4.78, 5) is 12.4. The number of amides is 2. The first-order chi connectivity index (χ1) is 13.1.